The summed E-state index contributed by atoms with van der Waals surface area (Å²) in [6.45, 7) is 0. The fraction of sp³-hybridized carbons (Fsp3) is 0.333. The molecule has 0 aromatic heterocycles. The first-order chi connectivity index (χ1) is 2.77. The van der Waals surface area contributed by atoms with Gasteiger partial charge in [0.2, 0.25) is 0 Å². The van der Waals surface area contributed by atoms with Crippen LogP contribution in [0.3, 0.4) is 0 Å². The SMILES string of the molecule is [B]C(Cl)C=CCl. The van der Waals surface area contributed by atoms with Crippen LogP contribution in [0.2, 0.25) is 0 Å². The van der Waals surface area contributed by atoms with Gasteiger partial charge in [0.05, 0.1) is 7.85 Å². The maximum atomic E-state index is 5.18. The summed E-state index contributed by atoms with van der Waals surface area (Å²) in [5, 5.41) is -0.442. The molecule has 0 aliphatic heterocycles. The summed E-state index contributed by atoms with van der Waals surface area (Å²) in [4.78, 5) is 0. The lowest BCUT2D eigenvalue weighted by Crippen LogP contribution is -1.86. The summed E-state index contributed by atoms with van der Waals surface area (Å²) >= 11 is 10.2. The Morgan fingerprint density at radius 1 is 1.67 bits per heavy atom. The number of halogens is 2. The van der Waals surface area contributed by atoms with Crippen molar-refractivity contribution in [2.24, 2.45) is 0 Å². The third-order valence-electron chi connectivity index (χ3n) is 0.257. The molecule has 2 radical (unpaired) electrons. The van der Waals surface area contributed by atoms with E-state index in [1.54, 1.807) is 0 Å². The van der Waals surface area contributed by atoms with Crippen LogP contribution >= 0.6 is 23.2 Å². The summed E-state index contributed by atoms with van der Waals surface area (Å²) in [6.07, 6.45) is 1.48. The minimum Gasteiger partial charge on any atom is -0.129 e. The second kappa shape index (κ2) is 3.57. The predicted octanol–water partition coefficient (Wildman–Crippen LogP) is 1.47. The minimum atomic E-state index is -0.442. The van der Waals surface area contributed by atoms with Gasteiger partial charge in [0.15, 0.2) is 0 Å². The van der Waals surface area contributed by atoms with Crippen LogP contribution in [0.25, 0.3) is 0 Å². The van der Waals surface area contributed by atoms with Crippen LogP contribution < -0.4 is 0 Å². The molecule has 0 fully saturated rings. The highest BCUT2D eigenvalue weighted by Crippen LogP contribution is 1.90. The normalized spacial score (nSPS) is 15.7. The van der Waals surface area contributed by atoms with E-state index in [2.05, 4.69) is 0 Å². The number of hydrogen-bond acceptors (Lipinski definition) is 0. The summed E-state index contributed by atoms with van der Waals surface area (Å²) in [5.41, 5.74) is 1.29. The maximum Gasteiger partial charge on any atom is 0.0975 e. The van der Waals surface area contributed by atoms with Crippen molar-refractivity contribution in [3.63, 3.8) is 0 Å². The zero-order valence-electron chi connectivity index (χ0n) is 3.07. The van der Waals surface area contributed by atoms with E-state index < -0.39 is 5.28 Å². The molecule has 0 aromatic rings. The molecular formula is C3H3BCl2. The van der Waals surface area contributed by atoms with E-state index in [1.807, 2.05) is 0 Å². The highest BCUT2D eigenvalue weighted by molar-refractivity contribution is 6.42. The van der Waals surface area contributed by atoms with Gasteiger partial charge in [0, 0.05) is 10.8 Å². The topological polar surface area (TPSA) is 0 Å². The molecule has 1 atom stereocenters. The van der Waals surface area contributed by atoms with Crippen LogP contribution in [0.15, 0.2) is 11.6 Å². The number of alkyl halides is 1. The molecule has 3 heteroatoms. The van der Waals surface area contributed by atoms with E-state index in [1.165, 1.54) is 11.6 Å². The zero-order valence-corrected chi connectivity index (χ0v) is 4.58. The van der Waals surface area contributed by atoms with E-state index >= 15 is 0 Å². The Bertz CT molecular complexity index is 50.8. The number of rotatable bonds is 1. The lowest BCUT2D eigenvalue weighted by molar-refractivity contribution is 1.62. The molecule has 0 aliphatic rings. The molecule has 0 aromatic carbocycles. The molecule has 0 rings (SSSR count). The van der Waals surface area contributed by atoms with Crippen molar-refractivity contribution in [2.45, 2.75) is 5.28 Å². The standard InChI is InChI=1S/C3H3BCl2/c4-3(6)1-2-5/h1-3H. The summed E-state index contributed by atoms with van der Waals surface area (Å²) in [5.74, 6) is 0. The predicted molar refractivity (Wildman–Crippen MR) is 30.4 cm³/mol. The summed E-state index contributed by atoms with van der Waals surface area (Å²) in [6, 6.07) is 0. The quantitative estimate of drug-likeness (QED) is 0.363. The maximum absolute atomic E-state index is 5.18. The van der Waals surface area contributed by atoms with Gasteiger partial charge in [-0.25, -0.2) is 0 Å². The van der Waals surface area contributed by atoms with Crippen molar-refractivity contribution >= 4 is 31.0 Å². The fourth-order valence-corrected chi connectivity index (χ4v) is 0.373. The van der Waals surface area contributed by atoms with Gasteiger partial charge in [-0.3, -0.25) is 0 Å². The molecule has 0 saturated heterocycles. The molecule has 0 nitrogen and oxygen atoms in total. The first kappa shape index (κ1) is 6.38. The molecule has 6 heavy (non-hydrogen) atoms. The van der Waals surface area contributed by atoms with Crippen LogP contribution in [0.1, 0.15) is 0 Å². The molecule has 0 saturated carbocycles. The van der Waals surface area contributed by atoms with Gasteiger partial charge in [0.1, 0.15) is 0 Å². The molecule has 0 amide bonds. The lowest BCUT2D eigenvalue weighted by Gasteiger charge is -1.83. The van der Waals surface area contributed by atoms with Gasteiger partial charge >= 0.3 is 0 Å². The molecular weight excluding hydrogens is 118 g/mol. The summed E-state index contributed by atoms with van der Waals surface area (Å²) < 4.78 is 0. The van der Waals surface area contributed by atoms with Crippen LogP contribution in [0.5, 0.6) is 0 Å². The Morgan fingerprint density at radius 3 is 2.17 bits per heavy atom. The van der Waals surface area contributed by atoms with E-state index in [4.69, 9.17) is 31.0 Å². The molecule has 0 aliphatic carbocycles. The van der Waals surface area contributed by atoms with Crippen molar-refractivity contribution in [3.05, 3.63) is 11.6 Å². The van der Waals surface area contributed by atoms with Crippen molar-refractivity contribution < 1.29 is 0 Å². The highest BCUT2D eigenvalue weighted by atomic mass is 35.5. The minimum absolute atomic E-state index is 0.442. The second-order valence-corrected chi connectivity index (χ2v) is 1.52. The van der Waals surface area contributed by atoms with Crippen molar-refractivity contribution in [1.29, 1.82) is 0 Å². The lowest BCUT2D eigenvalue weighted by atomic mass is 10.1. The van der Waals surface area contributed by atoms with Crippen LogP contribution in [0, 0.1) is 0 Å². The Morgan fingerprint density at radius 2 is 2.17 bits per heavy atom. The van der Waals surface area contributed by atoms with Crippen LogP contribution in [0.4, 0.5) is 0 Å². The number of allylic oxidation sites excluding steroid dienone is 1. The highest BCUT2D eigenvalue weighted by Gasteiger charge is 1.80. The average molecular weight is 121 g/mol. The largest absolute Gasteiger partial charge is 0.129 e. The van der Waals surface area contributed by atoms with Gasteiger partial charge in [-0.2, -0.15) is 0 Å². The van der Waals surface area contributed by atoms with Crippen molar-refractivity contribution in [2.75, 3.05) is 0 Å². The monoisotopic (exact) mass is 120 g/mol. The molecule has 0 N–H and O–H groups in total. The van der Waals surface area contributed by atoms with Gasteiger partial charge in [-0.1, -0.05) is 17.7 Å². The molecule has 1 unspecified atom stereocenters. The van der Waals surface area contributed by atoms with Crippen molar-refractivity contribution in [3.8, 4) is 0 Å². The average Bonchev–Trinajstić information content (AvgIpc) is 1.35. The Hall–Kier alpha value is 0.385. The first-order valence-corrected chi connectivity index (χ1v) is 2.31. The van der Waals surface area contributed by atoms with Crippen LogP contribution in [-0.4, -0.2) is 13.1 Å². The fourth-order valence-electron chi connectivity index (χ4n) is 0.0695. The molecule has 0 bridgehead atoms. The third kappa shape index (κ3) is 4.38. The van der Waals surface area contributed by atoms with Gasteiger partial charge in [0.25, 0.3) is 0 Å². The zero-order chi connectivity index (χ0) is 4.99. The third-order valence-corrected chi connectivity index (χ3v) is 0.548. The first-order valence-electron chi connectivity index (χ1n) is 1.44. The van der Waals surface area contributed by atoms with E-state index in [0.717, 1.165) is 0 Å². The Balaban J connectivity index is 3.03. The van der Waals surface area contributed by atoms with E-state index in [9.17, 15) is 0 Å². The van der Waals surface area contributed by atoms with Gasteiger partial charge in [-0.15, -0.1) is 11.6 Å². The summed E-state index contributed by atoms with van der Waals surface area (Å²) in [7, 11) is 5.00. The number of hydrogen-bond donors (Lipinski definition) is 0. The Labute approximate surface area is 48.5 Å². The molecule has 32 valence electrons. The van der Waals surface area contributed by atoms with Crippen molar-refractivity contribution in [1.82, 2.24) is 0 Å². The molecule has 0 heterocycles. The smallest absolute Gasteiger partial charge is 0.0975 e. The molecule has 0 spiro atoms. The van der Waals surface area contributed by atoms with Gasteiger partial charge in [-0.05, 0) is 0 Å². The van der Waals surface area contributed by atoms with Crippen LogP contribution in [-0.2, 0) is 0 Å². The van der Waals surface area contributed by atoms with E-state index in [0.29, 0.717) is 0 Å². The van der Waals surface area contributed by atoms with Gasteiger partial charge < -0.3 is 0 Å². The Kier molecular flexibility index (Phi) is 3.80. The van der Waals surface area contributed by atoms with E-state index in [-0.39, 0.29) is 0 Å². The second-order valence-electron chi connectivity index (χ2n) is 0.763.